The third kappa shape index (κ3) is 3.62. The molecular formula is C8H16NO. The molecule has 1 radical (unpaired) electrons. The molecule has 0 aromatic rings. The van der Waals surface area contributed by atoms with Crippen molar-refractivity contribution in [2.45, 2.75) is 32.7 Å². The van der Waals surface area contributed by atoms with E-state index in [1.807, 2.05) is 20.3 Å². The Morgan fingerprint density at radius 2 is 2.20 bits per heavy atom. The van der Waals surface area contributed by atoms with Gasteiger partial charge in [-0.05, 0) is 26.9 Å². The third-order valence-corrected chi connectivity index (χ3v) is 1.71. The molecule has 0 aromatic heterocycles. The second-order valence-electron chi connectivity index (χ2n) is 2.68. The van der Waals surface area contributed by atoms with Crippen LogP contribution in [0.3, 0.4) is 0 Å². The van der Waals surface area contributed by atoms with Crippen molar-refractivity contribution in [2.24, 2.45) is 0 Å². The monoisotopic (exact) mass is 142 g/mol. The standard InChI is InChI=1S/C8H16NO/c1-4-6-9(3)8(2)5-7-10/h8H,4-6H2,1-3H3. The van der Waals surface area contributed by atoms with Crippen LogP contribution in [-0.2, 0) is 4.79 Å². The number of hydrogen-bond acceptors (Lipinski definition) is 2. The van der Waals surface area contributed by atoms with Crippen LogP contribution in [-0.4, -0.2) is 30.8 Å². The first-order valence-electron chi connectivity index (χ1n) is 3.77. The van der Waals surface area contributed by atoms with Gasteiger partial charge in [0.2, 0.25) is 0 Å². The Labute approximate surface area is 63.2 Å². The van der Waals surface area contributed by atoms with E-state index in [0.717, 1.165) is 13.0 Å². The topological polar surface area (TPSA) is 20.3 Å². The normalized spacial score (nSPS) is 13.6. The Bertz CT molecular complexity index is 93.3. The van der Waals surface area contributed by atoms with Crippen molar-refractivity contribution in [1.82, 2.24) is 4.90 Å². The zero-order valence-corrected chi connectivity index (χ0v) is 7.05. The summed E-state index contributed by atoms with van der Waals surface area (Å²) in [5, 5.41) is 0. The van der Waals surface area contributed by atoms with Gasteiger partial charge in [-0.15, -0.1) is 0 Å². The van der Waals surface area contributed by atoms with Crippen molar-refractivity contribution < 1.29 is 4.79 Å². The maximum Gasteiger partial charge on any atom is 0.199 e. The summed E-state index contributed by atoms with van der Waals surface area (Å²) in [7, 11) is 2.03. The fourth-order valence-electron chi connectivity index (χ4n) is 0.850. The zero-order valence-electron chi connectivity index (χ0n) is 7.05. The molecule has 0 heterocycles. The van der Waals surface area contributed by atoms with Gasteiger partial charge < -0.3 is 4.90 Å². The Balaban J connectivity index is 3.47. The van der Waals surface area contributed by atoms with E-state index in [1.54, 1.807) is 0 Å². The van der Waals surface area contributed by atoms with Crippen molar-refractivity contribution in [3.05, 3.63) is 0 Å². The molecule has 2 heteroatoms. The number of hydrogen-bond donors (Lipinski definition) is 0. The minimum Gasteiger partial charge on any atom is -0.303 e. The molecule has 0 amide bonds. The van der Waals surface area contributed by atoms with Crippen LogP contribution in [0.5, 0.6) is 0 Å². The highest BCUT2D eigenvalue weighted by Crippen LogP contribution is 1.98. The average molecular weight is 142 g/mol. The fraction of sp³-hybridized carbons (Fsp3) is 0.875. The van der Waals surface area contributed by atoms with E-state index in [1.165, 1.54) is 0 Å². The third-order valence-electron chi connectivity index (χ3n) is 1.71. The molecule has 1 atom stereocenters. The van der Waals surface area contributed by atoms with Crippen LogP contribution in [0.4, 0.5) is 0 Å². The van der Waals surface area contributed by atoms with Crippen molar-refractivity contribution in [3.8, 4) is 0 Å². The first kappa shape index (κ1) is 9.63. The summed E-state index contributed by atoms with van der Waals surface area (Å²) in [4.78, 5) is 12.1. The molecule has 0 aliphatic heterocycles. The van der Waals surface area contributed by atoms with E-state index in [0.29, 0.717) is 12.5 Å². The highest BCUT2D eigenvalue weighted by molar-refractivity contribution is 5.51. The second kappa shape index (κ2) is 5.42. The lowest BCUT2D eigenvalue weighted by atomic mass is 10.2. The minimum atomic E-state index is 0.345. The van der Waals surface area contributed by atoms with Crippen LogP contribution in [0.15, 0.2) is 0 Å². The van der Waals surface area contributed by atoms with E-state index in [2.05, 4.69) is 11.8 Å². The molecule has 1 unspecified atom stereocenters. The molecule has 0 spiro atoms. The smallest absolute Gasteiger partial charge is 0.199 e. The van der Waals surface area contributed by atoms with Crippen molar-refractivity contribution >= 4 is 6.29 Å². The summed E-state index contributed by atoms with van der Waals surface area (Å²) in [6.07, 6.45) is 3.58. The quantitative estimate of drug-likeness (QED) is 0.575. The van der Waals surface area contributed by atoms with Gasteiger partial charge in [-0.3, -0.25) is 4.79 Å². The highest BCUT2D eigenvalue weighted by Gasteiger charge is 2.06. The molecule has 2 nitrogen and oxygen atoms in total. The Morgan fingerprint density at radius 3 is 2.60 bits per heavy atom. The van der Waals surface area contributed by atoms with Gasteiger partial charge in [-0.2, -0.15) is 0 Å². The second-order valence-corrected chi connectivity index (χ2v) is 2.68. The van der Waals surface area contributed by atoms with E-state index in [9.17, 15) is 4.79 Å². The van der Waals surface area contributed by atoms with Crippen LogP contribution in [0.1, 0.15) is 26.7 Å². The van der Waals surface area contributed by atoms with Crippen LogP contribution in [0, 0.1) is 0 Å². The lowest BCUT2D eigenvalue weighted by Crippen LogP contribution is -2.29. The molecule has 0 N–H and O–H groups in total. The van der Waals surface area contributed by atoms with Gasteiger partial charge in [0.05, 0.1) is 0 Å². The van der Waals surface area contributed by atoms with Crippen LogP contribution in [0.2, 0.25) is 0 Å². The van der Waals surface area contributed by atoms with E-state index in [4.69, 9.17) is 0 Å². The van der Waals surface area contributed by atoms with E-state index >= 15 is 0 Å². The molecule has 59 valence electrons. The average Bonchev–Trinajstić information content (AvgIpc) is 1.89. The lowest BCUT2D eigenvalue weighted by molar-refractivity contribution is 0.262. The molecule has 0 rings (SSSR count). The predicted octanol–water partition coefficient (Wildman–Crippen LogP) is 1.22. The van der Waals surface area contributed by atoms with Crippen molar-refractivity contribution in [2.75, 3.05) is 13.6 Å². The molecule has 10 heavy (non-hydrogen) atoms. The largest absolute Gasteiger partial charge is 0.303 e. The molecule has 0 fully saturated rings. The van der Waals surface area contributed by atoms with Gasteiger partial charge >= 0.3 is 0 Å². The summed E-state index contributed by atoms with van der Waals surface area (Å²) < 4.78 is 0. The first-order chi connectivity index (χ1) is 4.72. The summed E-state index contributed by atoms with van der Waals surface area (Å²) in [5.74, 6) is 0. The minimum absolute atomic E-state index is 0.345. The molecule has 0 saturated heterocycles. The number of carbonyl (C=O) groups excluding carboxylic acids is 1. The summed E-state index contributed by atoms with van der Waals surface area (Å²) in [5.41, 5.74) is 0. The molecular weight excluding hydrogens is 126 g/mol. The first-order valence-corrected chi connectivity index (χ1v) is 3.77. The highest BCUT2D eigenvalue weighted by atomic mass is 16.1. The maximum absolute atomic E-state index is 9.97. The van der Waals surface area contributed by atoms with Gasteiger partial charge in [0.25, 0.3) is 0 Å². The Kier molecular flexibility index (Phi) is 5.22. The van der Waals surface area contributed by atoms with Crippen LogP contribution in [0.25, 0.3) is 0 Å². The van der Waals surface area contributed by atoms with Crippen LogP contribution < -0.4 is 0 Å². The van der Waals surface area contributed by atoms with Gasteiger partial charge in [0.1, 0.15) is 0 Å². The lowest BCUT2D eigenvalue weighted by Gasteiger charge is -2.21. The molecule has 0 bridgehead atoms. The molecule has 0 saturated carbocycles. The van der Waals surface area contributed by atoms with Gasteiger partial charge in [0.15, 0.2) is 6.29 Å². The molecule has 0 aliphatic carbocycles. The van der Waals surface area contributed by atoms with Gasteiger partial charge in [0, 0.05) is 12.5 Å². The van der Waals surface area contributed by atoms with E-state index in [-0.39, 0.29) is 0 Å². The van der Waals surface area contributed by atoms with E-state index < -0.39 is 0 Å². The number of nitrogens with zero attached hydrogens (tertiary/aromatic N) is 1. The summed E-state index contributed by atoms with van der Waals surface area (Å²) in [6, 6.07) is 0.345. The van der Waals surface area contributed by atoms with Gasteiger partial charge in [-0.25, -0.2) is 0 Å². The molecule has 0 aliphatic rings. The van der Waals surface area contributed by atoms with Crippen LogP contribution >= 0.6 is 0 Å². The summed E-state index contributed by atoms with van der Waals surface area (Å²) >= 11 is 0. The fourth-order valence-corrected chi connectivity index (χ4v) is 0.850. The Morgan fingerprint density at radius 1 is 1.60 bits per heavy atom. The maximum atomic E-state index is 9.97. The van der Waals surface area contributed by atoms with Crippen molar-refractivity contribution in [3.63, 3.8) is 0 Å². The summed E-state index contributed by atoms with van der Waals surface area (Å²) in [6.45, 7) is 5.23. The zero-order chi connectivity index (χ0) is 7.98. The number of rotatable bonds is 5. The SMILES string of the molecule is CCCN(C)C(C)C[C]=O. The Hall–Kier alpha value is -0.370. The van der Waals surface area contributed by atoms with Crippen molar-refractivity contribution in [1.29, 1.82) is 0 Å². The molecule has 0 aromatic carbocycles. The predicted molar refractivity (Wildman–Crippen MR) is 42.7 cm³/mol. The van der Waals surface area contributed by atoms with Gasteiger partial charge in [-0.1, -0.05) is 6.92 Å².